The van der Waals surface area contributed by atoms with Crippen molar-refractivity contribution in [2.75, 3.05) is 25.2 Å². The number of nitrogens with zero attached hydrogens (tertiary/aromatic N) is 2. The van der Waals surface area contributed by atoms with Crippen LogP contribution in [0.25, 0.3) is 11.6 Å². The number of benzene rings is 4. The van der Waals surface area contributed by atoms with Crippen molar-refractivity contribution in [3.05, 3.63) is 153 Å². The van der Waals surface area contributed by atoms with Crippen LogP contribution in [0.3, 0.4) is 0 Å². The first kappa shape index (κ1) is 40.9. The zero-order valence-corrected chi connectivity index (χ0v) is 37.0. The minimum Gasteiger partial charge on any atom is -0.504 e. The Morgan fingerprint density at radius 3 is 2.15 bits per heavy atom. The van der Waals surface area contributed by atoms with E-state index in [0.29, 0.717) is 47.5 Å². The lowest BCUT2D eigenvalue weighted by molar-refractivity contribution is -0.122. The largest absolute Gasteiger partial charge is 0.504 e. The Hall–Kier alpha value is -4.88. The summed E-state index contributed by atoms with van der Waals surface area (Å²) in [6.07, 6.45) is 5.26. The van der Waals surface area contributed by atoms with Crippen LogP contribution in [-0.2, 0) is 18.8 Å². The Balaban J connectivity index is 1.20. The van der Waals surface area contributed by atoms with Gasteiger partial charge in [0.2, 0.25) is 11.8 Å². The van der Waals surface area contributed by atoms with E-state index < -0.39 is 20.2 Å². The smallest absolute Gasteiger partial charge is 0.261 e. The molecule has 0 radical (unpaired) electrons. The predicted octanol–water partition coefficient (Wildman–Crippen LogP) is 8.82. The van der Waals surface area contributed by atoms with Crippen molar-refractivity contribution in [3.63, 3.8) is 0 Å². The standard InChI is InChI=1S/C49H49IN2O6Si/c1-49(2,3)59(36-18-10-6-11-19-36,37-20-12-7-13-21-37)58-30-34-29-38-45(48(55)52(47(38)54)35-16-8-5-9-17-35)39-31-57-42(44(34)39)24-23-33(41-22-14-15-25-51-41)26-32-27-40(50)46(53)43(28-32)56-4/h5-22,25-28,38-39,42,45,53H,23-24,29-31H2,1-4H3/b33-26-/t38-,39+,42-,45-/m1/s1. The van der Waals surface area contributed by atoms with Crippen LogP contribution in [0.2, 0.25) is 5.04 Å². The van der Waals surface area contributed by atoms with Gasteiger partial charge in [0.15, 0.2) is 11.5 Å². The number of fused-ring (bicyclic) bond motifs is 3. The molecular weight excluding hydrogens is 868 g/mol. The quantitative estimate of drug-likeness (QED) is 0.0579. The molecule has 0 unspecified atom stereocenters. The molecule has 2 saturated heterocycles. The Bertz CT molecular complexity index is 2340. The number of ether oxygens (including phenoxy) is 2. The molecular formula is C49H49IN2O6Si. The molecule has 3 heterocycles. The lowest BCUT2D eigenvalue weighted by Crippen LogP contribution is -2.66. The van der Waals surface area contributed by atoms with Crippen LogP contribution in [0.1, 0.15) is 51.3 Å². The zero-order valence-electron chi connectivity index (χ0n) is 33.8. The van der Waals surface area contributed by atoms with E-state index in [1.165, 1.54) is 15.3 Å². The van der Waals surface area contributed by atoms with Gasteiger partial charge in [0.25, 0.3) is 8.32 Å². The summed E-state index contributed by atoms with van der Waals surface area (Å²) in [5.74, 6) is -1.09. The minimum absolute atomic E-state index is 0.108. The van der Waals surface area contributed by atoms with Gasteiger partial charge in [-0.3, -0.25) is 19.5 Å². The predicted molar refractivity (Wildman–Crippen MR) is 243 cm³/mol. The average Bonchev–Trinajstić information content (AvgIpc) is 3.79. The van der Waals surface area contributed by atoms with Crippen molar-refractivity contribution in [2.24, 2.45) is 17.8 Å². The number of rotatable bonds is 12. The van der Waals surface area contributed by atoms with Gasteiger partial charge < -0.3 is 19.0 Å². The van der Waals surface area contributed by atoms with Crippen LogP contribution < -0.4 is 20.0 Å². The summed E-state index contributed by atoms with van der Waals surface area (Å²) in [5.41, 5.74) is 5.48. The summed E-state index contributed by atoms with van der Waals surface area (Å²) in [5, 5.41) is 12.7. The lowest BCUT2D eigenvalue weighted by atomic mass is 9.69. The van der Waals surface area contributed by atoms with Crippen molar-refractivity contribution < 1.29 is 28.6 Å². The molecule has 2 fully saturated rings. The highest BCUT2D eigenvalue weighted by Gasteiger charge is 2.58. The van der Waals surface area contributed by atoms with Crippen molar-refractivity contribution >= 4 is 70.4 Å². The number of methoxy groups -OCH3 is 1. The van der Waals surface area contributed by atoms with Crippen LogP contribution in [0, 0.1) is 21.3 Å². The summed E-state index contributed by atoms with van der Waals surface area (Å²) >= 11 is 2.12. The second kappa shape index (κ2) is 17.0. The second-order valence-corrected chi connectivity index (χ2v) is 22.1. The number of phenolic OH excluding ortho intramolecular Hbond substituents is 1. The molecule has 0 saturated carbocycles. The van der Waals surface area contributed by atoms with E-state index in [9.17, 15) is 14.7 Å². The number of carbonyl (C=O) groups is 2. The fourth-order valence-corrected chi connectivity index (χ4v) is 14.7. The summed E-state index contributed by atoms with van der Waals surface area (Å²) in [6.45, 7) is 7.48. The first-order valence-electron chi connectivity index (χ1n) is 20.2. The highest BCUT2D eigenvalue weighted by Crippen LogP contribution is 2.51. The number of imide groups is 1. The van der Waals surface area contributed by atoms with Crippen LogP contribution >= 0.6 is 22.6 Å². The average molecular weight is 917 g/mol. The van der Waals surface area contributed by atoms with Crippen LogP contribution in [-0.4, -0.2) is 56.6 Å². The van der Waals surface area contributed by atoms with Gasteiger partial charge in [-0.05, 0) is 122 Å². The van der Waals surface area contributed by atoms with Crippen LogP contribution in [0.5, 0.6) is 11.5 Å². The van der Waals surface area contributed by atoms with Crippen molar-refractivity contribution in [3.8, 4) is 11.5 Å². The molecule has 1 aromatic heterocycles. The van der Waals surface area contributed by atoms with Crippen molar-refractivity contribution in [1.82, 2.24) is 4.98 Å². The van der Waals surface area contributed by atoms with Crippen molar-refractivity contribution in [1.29, 1.82) is 0 Å². The van der Waals surface area contributed by atoms with Gasteiger partial charge in [0.1, 0.15) is 0 Å². The highest BCUT2D eigenvalue weighted by atomic mass is 127. The SMILES string of the molecule is COc1cc(/C=C(/CC[C@H]2OC[C@H]3C2=C(CO[Si](c2ccccc2)(c2ccccc2)C(C)(C)C)C[C@H]2C(=O)N(c4ccccc4)C(=O)[C@H]23)c2ccccn2)cc(I)c1O. The molecule has 10 heteroatoms. The second-order valence-electron chi connectivity index (χ2n) is 16.6. The first-order valence-corrected chi connectivity index (χ1v) is 23.2. The van der Waals surface area contributed by atoms with E-state index in [2.05, 4.69) is 98.0 Å². The zero-order chi connectivity index (χ0) is 41.3. The number of hydrogen-bond acceptors (Lipinski definition) is 7. The molecule has 1 aliphatic carbocycles. The number of allylic oxidation sites excluding steroid dienone is 1. The van der Waals surface area contributed by atoms with Crippen LogP contribution in [0.4, 0.5) is 5.69 Å². The fraction of sp³-hybridized carbons (Fsp3) is 0.286. The summed E-state index contributed by atoms with van der Waals surface area (Å²) in [6, 6.07) is 40.1. The molecule has 1 N–H and O–H groups in total. The monoisotopic (exact) mass is 916 g/mol. The number of hydrogen-bond donors (Lipinski definition) is 1. The minimum atomic E-state index is -2.95. The van der Waals surface area contributed by atoms with Gasteiger partial charge in [-0.1, -0.05) is 106 Å². The third-order valence-electron chi connectivity index (χ3n) is 12.2. The van der Waals surface area contributed by atoms with Gasteiger partial charge in [0.05, 0.1) is 53.2 Å². The summed E-state index contributed by atoms with van der Waals surface area (Å²) in [7, 11) is -1.41. The number of carbonyl (C=O) groups excluding carboxylic acids is 2. The van der Waals surface area contributed by atoms with E-state index in [1.807, 2.05) is 72.8 Å². The third-order valence-corrected chi connectivity index (χ3v) is 18.0. The van der Waals surface area contributed by atoms with E-state index in [4.69, 9.17) is 18.9 Å². The van der Waals surface area contributed by atoms with Gasteiger partial charge >= 0.3 is 0 Å². The summed E-state index contributed by atoms with van der Waals surface area (Å²) in [4.78, 5) is 34.9. The van der Waals surface area contributed by atoms with E-state index in [-0.39, 0.29) is 34.6 Å². The van der Waals surface area contributed by atoms with Gasteiger partial charge in [-0.25, -0.2) is 0 Å². The molecule has 5 aromatic rings. The molecule has 302 valence electrons. The number of pyridine rings is 1. The molecule has 4 atom stereocenters. The fourth-order valence-electron chi connectivity index (χ4n) is 9.54. The van der Waals surface area contributed by atoms with E-state index >= 15 is 0 Å². The Morgan fingerprint density at radius 1 is 0.898 bits per heavy atom. The third kappa shape index (κ3) is 7.72. The van der Waals surface area contributed by atoms with E-state index in [1.54, 1.807) is 13.3 Å². The maximum Gasteiger partial charge on any atom is 0.261 e. The highest BCUT2D eigenvalue weighted by molar-refractivity contribution is 14.1. The molecule has 3 aliphatic rings. The number of halogens is 1. The molecule has 4 aromatic carbocycles. The molecule has 0 bridgehead atoms. The van der Waals surface area contributed by atoms with Gasteiger partial charge in [-0.15, -0.1) is 0 Å². The number of anilines is 1. The summed E-state index contributed by atoms with van der Waals surface area (Å²) < 4.78 is 20.5. The van der Waals surface area contributed by atoms with E-state index in [0.717, 1.165) is 28.0 Å². The topological polar surface area (TPSA) is 98.2 Å². The number of amides is 2. The Kier molecular flexibility index (Phi) is 11.8. The van der Waals surface area contributed by atoms with Gasteiger partial charge in [-0.2, -0.15) is 0 Å². The molecule has 8 rings (SSSR count). The maximum atomic E-state index is 14.4. The first-order chi connectivity index (χ1) is 28.5. The number of aromatic nitrogens is 1. The van der Waals surface area contributed by atoms with Crippen LogP contribution in [0.15, 0.2) is 139 Å². The Morgan fingerprint density at radius 2 is 1.54 bits per heavy atom. The molecule has 8 nitrogen and oxygen atoms in total. The Labute approximate surface area is 361 Å². The molecule has 2 amide bonds. The number of para-hydroxylation sites is 1. The number of aromatic hydroxyl groups is 1. The number of phenols is 1. The molecule has 59 heavy (non-hydrogen) atoms. The maximum absolute atomic E-state index is 14.4. The van der Waals surface area contributed by atoms with Crippen molar-refractivity contribution in [2.45, 2.75) is 51.2 Å². The molecule has 0 spiro atoms. The lowest BCUT2D eigenvalue weighted by Gasteiger charge is -2.44. The molecule has 2 aliphatic heterocycles. The normalized spacial score (nSPS) is 20.8. The van der Waals surface area contributed by atoms with Gasteiger partial charge in [0, 0.05) is 12.1 Å².